The number of hydrogen-bond donors (Lipinski definition) is 1. The summed E-state index contributed by atoms with van der Waals surface area (Å²) in [6.07, 6.45) is 0. The first-order valence-corrected chi connectivity index (χ1v) is 6.39. The van der Waals surface area contributed by atoms with E-state index in [1.54, 1.807) is 12.1 Å². The maximum atomic E-state index is 13.9. The van der Waals surface area contributed by atoms with E-state index < -0.39 is 16.4 Å². The van der Waals surface area contributed by atoms with Crippen molar-refractivity contribution in [2.24, 2.45) is 5.73 Å². The van der Waals surface area contributed by atoms with Crippen LogP contribution in [0.2, 0.25) is 0 Å². The first-order chi connectivity index (χ1) is 10.0. The summed E-state index contributed by atoms with van der Waals surface area (Å²) in [5.74, 6) is -0.334. The van der Waals surface area contributed by atoms with E-state index in [9.17, 15) is 14.5 Å². The smallest absolute Gasteiger partial charge is 0.305 e. The number of hydrogen-bond acceptors (Lipinski definition) is 4. The van der Waals surface area contributed by atoms with Crippen molar-refractivity contribution < 1.29 is 14.1 Å². The molecule has 0 fully saturated rings. The number of nitrogens with two attached hydrogens (primary N) is 1. The number of ether oxygens (including phenoxy) is 1. The Morgan fingerprint density at radius 1 is 1.29 bits per heavy atom. The van der Waals surface area contributed by atoms with Gasteiger partial charge in [-0.05, 0) is 13.0 Å². The Morgan fingerprint density at radius 3 is 2.67 bits per heavy atom. The summed E-state index contributed by atoms with van der Waals surface area (Å²) >= 11 is 0. The van der Waals surface area contributed by atoms with Gasteiger partial charge in [0.2, 0.25) is 5.82 Å². The fraction of sp³-hybridized carbons (Fsp3) is 0.200. The molecule has 6 heteroatoms. The standard InChI is InChI=1S/C15H15FN2O3/c1-10(17)12-6-2-3-8-14(12)21-9-11-5-4-7-13(15(11)16)18(19)20/h2-8,10H,9,17H2,1H3/t10-/m1/s1. The highest BCUT2D eigenvalue weighted by molar-refractivity contribution is 5.38. The van der Waals surface area contributed by atoms with Crippen LogP contribution < -0.4 is 10.5 Å². The molecular weight excluding hydrogens is 275 g/mol. The zero-order valence-corrected chi connectivity index (χ0v) is 11.5. The van der Waals surface area contributed by atoms with Gasteiger partial charge in [-0.2, -0.15) is 4.39 Å². The third-order valence-electron chi connectivity index (χ3n) is 3.05. The van der Waals surface area contributed by atoms with Crippen molar-refractivity contribution in [2.75, 3.05) is 0 Å². The Kier molecular flexibility index (Phi) is 4.49. The molecule has 0 aliphatic carbocycles. The highest BCUT2D eigenvalue weighted by atomic mass is 19.1. The lowest BCUT2D eigenvalue weighted by molar-refractivity contribution is -0.387. The fourth-order valence-electron chi connectivity index (χ4n) is 1.96. The molecule has 2 rings (SSSR count). The summed E-state index contributed by atoms with van der Waals surface area (Å²) in [7, 11) is 0. The molecule has 0 unspecified atom stereocenters. The van der Waals surface area contributed by atoms with Crippen LogP contribution in [-0.2, 0) is 6.61 Å². The maximum absolute atomic E-state index is 13.9. The SMILES string of the molecule is C[C@@H](N)c1ccccc1OCc1cccc([N+](=O)[O-])c1F. The van der Waals surface area contributed by atoms with Gasteiger partial charge in [0, 0.05) is 23.2 Å². The Morgan fingerprint density at radius 2 is 2.00 bits per heavy atom. The van der Waals surface area contributed by atoms with Gasteiger partial charge >= 0.3 is 5.69 Å². The minimum Gasteiger partial charge on any atom is -0.488 e. The van der Waals surface area contributed by atoms with Crippen molar-refractivity contribution in [1.82, 2.24) is 0 Å². The highest BCUT2D eigenvalue weighted by Crippen LogP contribution is 2.26. The molecule has 5 nitrogen and oxygen atoms in total. The van der Waals surface area contributed by atoms with Crippen LogP contribution in [0.25, 0.3) is 0 Å². The molecule has 0 spiro atoms. The number of rotatable bonds is 5. The first-order valence-electron chi connectivity index (χ1n) is 6.39. The Hall–Kier alpha value is -2.47. The van der Waals surface area contributed by atoms with Crippen molar-refractivity contribution in [3.05, 3.63) is 69.5 Å². The van der Waals surface area contributed by atoms with Gasteiger partial charge in [-0.15, -0.1) is 0 Å². The predicted octanol–water partition coefficient (Wildman–Crippen LogP) is 3.33. The summed E-state index contributed by atoms with van der Waals surface area (Å²) in [5.41, 5.74) is 6.20. The molecule has 0 bridgehead atoms. The number of benzene rings is 2. The molecule has 0 saturated carbocycles. The number of para-hydroxylation sites is 1. The maximum Gasteiger partial charge on any atom is 0.305 e. The summed E-state index contributed by atoms with van der Waals surface area (Å²) in [6.45, 7) is 1.72. The van der Waals surface area contributed by atoms with Crippen LogP contribution in [0.1, 0.15) is 24.1 Å². The van der Waals surface area contributed by atoms with Crippen LogP contribution in [-0.4, -0.2) is 4.92 Å². The van der Waals surface area contributed by atoms with Crippen LogP contribution >= 0.6 is 0 Å². The molecule has 2 aromatic carbocycles. The zero-order chi connectivity index (χ0) is 15.4. The molecule has 0 heterocycles. The largest absolute Gasteiger partial charge is 0.488 e. The van der Waals surface area contributed by atoms with Crippen LogP contribution in [0.4, 0.5) is 10.1 Å². The highest BCUT2D eigenvalue weighted by Gasteiger charge is 2.17. The van der Waals surface area contributed by atoms with Crippen molar-refractivity contribution in [1.29, 1.82) is 0 Å². The van der Waals surface area contributed by atoms with E-state index in [0.29, 0.717) is 5.75 Å². The molecule has 21 heavy (non-hydrogen) atoms. The monoisotopic (exact) mass is 290 g/mol. The molecule has 0 aliphatic rings. The molecule has 0 saturated heterocycles. The van der Waals surface area contributed by atoms with E-state index >= 15 is 0 Å². The third-order valence-corrected chi connectivity index (χ3v) is 3.05. The van der Waals surface area contributed by atoms with Crippen LogP contribution in [0.5, 0.6) is 5.75 Å². The number of halogens is 1. The number of nitrogens with zero attached hydrogens (tertiary/aromatic N) is 1. The predicted molar refractivity (Wildman–Crippen MR) is 76.4 cm³/mol. The van der Waals surface area contributed by atoms with E-state index in [0.717, 1.165) is 11.6 Å². The Bertz CT molecular complexity index is 659. The van der Waals surface area contributed by atoms with Gasteiger partial charge < -0.3 is 10.5 Å². The fourth-order valence-corrected chi connectivity index (χ4v) is 1.96. The van der Waals surface area contributed by atoms with E-state index in [1.165, 1.54) is 12.1 Å². The topological polar surface area (TPSA) is 78.4 Å². The molecule has 0 radical (unpaired) electrons. The molecule has 0 amide bonds. The minimum atomic E-state index is -0.874. The van der Waals surface area contributed by atoms with Gasteiger partial charge in [0.05, 0.1) is 4.92 Å². The summed E-state index contributed by atoms with van der Waals surface area (Å²) < 4.78 is 19.5. The van der Waals surface area contributed by atoms with E-state index in [4.69, 9.17) is 10.5 Å². The van der Waals surface area contributed by atoms with Gasteiger partial charge in [-0.25, -0.2) is 0 Å². The van der Waals surface area contributed by atoms with Gasteiger partial charge in [0.1, 0.15) is 12.4 Å². The van der Waals surface area contributed by atoms with Crippen LogP contribution in [0, 0.1) is 15.9 Å². The minimum absolute atomic E-state index is 0.1000. The van der Waals surface area contributed by atoms with Crippen molar-refractivity contribution in [3.63, 3.8) is 0 Å². The zero-order valence-electron chi connectivity index (χ0n) is 11.5. The van der Waals surface area contributed by atoms with Gasteiger partial charge in [-0.1, -0.05) is 30.3 Å². The molecular formula is C15H15FN2O3. The second-order valence-electron chi connectivity index (χ2n) is 4.62. The molecule has 110 valence electrons. The second kappa shape index (κ2) is 6.32. The lowest BCUT2D eigenvalue weighted by Crippen LogP contribution is -2.08. The summed E-state index contributed by atoms with van der Waals surface area (Å²) in [5, 5.41) is 10.7. The third kappa shape index (κ3) is 3.35. The Labute approximate surface area is 121 Å². The average molecular weight is 290 g/mol. The van der Waals surface area contributed by atoms with Crippen molar-refractivity contribution >= 4 is 5.69 Å². The second-order valence-corrected chi connectivity index (χ2v) is 4.62. The quantitative estimate of drug-likeness (QED) is 0.676. The van der Waals surface area contributed by atoms with E-state index in [2.05, 4.69) is 0 Å². The Balaban J connectivity index is 2.21. The first kappa shape index (κ1) is 14.9. The number of nitro groups is 1. The van der Waals surface area contributed by atoms with Gasteiger partial charge in [-0.3, -0.25) is 10.1 Å². The molecule has 0 aliphatic heterocycles. The van der Waals surface area contributed by atoms with Crippen molar-refractivity contribution in [3.8, 4) is 5.75 Å². The van der Waals surface area contributed by atoms with Crippen molar-refractivity contribution in [2.45, 2.75) is 19.6 Å². The normalized spacial score (nSPS) is 12.0. The van der Waals surface area contributed by atoms with Crippen LogP contribution in [0.15, 0.2) is 42.5 Å². The summed E-state index contributed by atoms with van der Waals surface area (Å²) in [4.78, 5) is 9.94. The molecule has 1 atom stereocenters. The van der Waals surface area contributed by atoms with Gasteiger partial charge in [0.25, 0.3) is 0 Å². The van der Waals surface area contributed by atoms with Gasteiger partial charge in [0.15, 0.2) is 0 Å². The average Bonchev–Trinajstić information content (AvgIpc) is 2.46. The number of nitro benzene ring substituents is 1. The van der Waals surface area contributed by atoms with E-state index in [1.807, 2.05) is 19.1 Å². The molecule has 2 N–H and O–H groups in total. The lowest BCUT2D eigenvalue weighted by atomic mass is 10.1. The molecule has 2 aromatic rings. The summed E-state index contributed by atoms with van der Waals surface area (Å²) in [6, 6.07) is 10.9. The lowest BCUT2D eigenvalue weighted by Gasteiger charge is -2.14. The van der Waals surface area contributed by atoms with Crippen LogP contribution in [0.3, 0.4) is 0 Å². The van der Waals surface area contributed by atoms with E-state index in [-0.39, 0.29) is 18.2 Å². The molecule has 0 aromatic heterocycles.